The van der Waals surface area contributed by atoms with Crippen LogP contribution in [0, 0.1) is 0 Å². The van der Waals surface area contributed by atoms with E-state index in [1.54, 1.807) is 0 Å². The van der Waals surface area contributed by atoms with E-state index in [0.29, 0.717) is 19.3 Å². The van der Waals surface area contributed by atoms with Crippen molar-refractivity contribution in [3.63, 3.8) is 0 Å². The maximum atomic E-state index is 12.8. The highest BCUT2D eigenvalue weighted by Gasteiger charge is 2.19. The first kappa shape index (κ1) is 65.9. The quantitative estimate of drug-likeness (QED) is 0.0262. The minimum absolute atomic E-state index is 0.0704. The van der Waals surface area contributed by atoms with Crippen LogP contribution in [0.1, 0.15) is 335 Å². The summed E-state index contributed by atoms with van der Waals surface area (Å²) >= 11 is 0. The van der Waals surface area contributed by atoms with Crippen molar-refractivity contribution in [2.45, 2.75) is 341 Å². The van der Waals surface area contributed by atoms with E-state index < -0.39 is 6.10 Å². The number of hydrogen-bond donors (Lipinski definition) is 0. The maximum absolute atomic E-state index is 12.8. The summed E-state index contributed by atoms with van der Waals surface area (Å²) in [5, 5.41) is 0. The van der Waals surface area contributed by atoms with Gasteiger partial charge in [0.15, 0.2) is 6.10 Å². The second kappa shape index (κ2) is 57.5. The van der Waals surface area contributed by atoms with Crippen molar-refractivity contribution in [1.29, 1.82) is 0 Å². The molecule has 0 amide bonds. The van der Waals surface area contributed by atoms with Crippen LogP contribution in [0.3, 0.4) is 0 Å². The number of hydrogen-bond acceptors (Lipinski definition) is 6. The standard InChI is InChI=1S/C62H116O6/c1-4-7-10-13-16-18-20-22-24-26-27-28-29-30-31-32-33-34-35-36-38-39-41-43-46-49-52-55-61(64)67-58-59(57-66-60(63)54-51-48-45-15-12-9-6-3)68-62(65)56-53-50-47-44-42-40-37-25-23-21-19-17-14-11-8-5-2/h25-27,37,59H,4-24,28-36,38-58H2,1-3H3/b27-26-,37-25-. The van der Waals surface area contributed by atoms with Crippen LogP contribution in [0.4, 0.5) is 0 Å². The number of ether oxygens (including phenoxy) is 3. The molecule has 0 aromatic rings. The van der Waals surface area contributed by atoms with Crippen molar-refractivity contribution >= 4 is 17.9 Å². The van der Waals surface area contributed by atoms with Gasteiger partial charge in [-0.2, -0.15) is 0 Å². The molecule has 0 aromatic carbocycles. The predicted molar refractivity (Wildman–Crippen MR) is 293 cm³/mol. The molecule has 0 aromatic heterocycles. The predicted octanol–water partition coefficient (Wildman–Crippen LogP) is 20.3. The van der Waals surface area contributed by atoms with Crippen molar-refractivity contribution < 1.29 is 28.6 Å². The van der Waals surface area contributed by atoms with Crippen molar-refractivity contribution in [3.05, 3.63) is 24.3 Å². The summed E-state index contributed by atoms with van der Waals surface area (Å²) in [7, 11) is 0. The molecule has 68 heavy (non-hydrogen) atoms. The lowest BCUT2D eigenvalue weighted by molar-refractivity contribution is -0.167. The fourth-order valence-electron chi connectivity index (χ4n) is 9.08. The zero-order chi connectivity index (χ0) is 49.3. The molecule has 0 aliphatic carbocycles. The van der Waals surface area contributed by atoms with E-state index in [0.717, 1.165) is 64.2 Å². The first-order chi connectivity index (χ1) is 33.5. The van der Waals surface area contributed by atoms with E-state index in [-0.39, 0.29) is 31.1 Å². The molecule has 6 nitrogen and oxygen atoms in total. The van der Waals surface area contributed by atoms with Crippen molar-refractivity contribution in [1.82, 2.24) is 0 Å². The summed E-state index contributed by atoms with van der Waals surface area (Å²) in [6.45, 7) is 6.63. The van der Waals surface area contributed by atoms with E-state index in [4.69, 9.17) is 14.2 Å². The number of carbonyl (C=O) groups excluding carboxylic acids is 3. The van der Waals surface area contributed by atoms with Gasteiger partial charge in [-0.15, -0.1) is 0 Å². The number of carbonyl (C=O) groups is 3. The highest BCUT2D eigenvalue weighted by molar-refractivity contribution is 5.71. The second-order valence-corrected chi connectivity index (χ2v) is 20.6. The number of allylic oxidation sites excluding steroid dienone is 4. The summed E-state index contributed by atoms with van der Waals surface area (Å²) < 4.78 is 16.8. The molecular formula is C62H116O6. The van der Waals surface area contributed by atoms with Crippen LogP contribution in [0.15, 0.2) is 24.3 Å². The summed E-state index contributed by atoms with van der Waals surface area (Å²) in [6.07, 6.45) is 67.8. The first-order valence-corrected chi connectivity index (χ1v) is 30.3. The molecule has 0 spiro atoms. The third-order valence-corrected chi connectivity index (χ3v) is 13.7. The Hall–Kier alpha value is -2.11. The molecule has 0 aliphatic rings. The zero-order valence-electron chi connectivity index (χ0n) is 45.9. The Kier molecular flexibility index (Phi) is 55.7. The van der Waals surface area contributed by atoms with Gasteiger partial charge in [0.25, 0.3) is 0 Å². The number of rotatable bonds is 56. The van der Waals surface area contributed by atoms with Gasteiger partial charge in [0.2, 0.25) is 0 Å². The van der Waals surface area contributed by atoms with E-state index in [1.807, 2.05) is 0 Å². The van der Waals surface area contributed by atoms with Crippen LogP contribution < -0.4 is 0 Å². The van der Waals surface area contributed by atoms with Gasteiger partial charge in [0, 0.05) is 19.3 Å². The van der Waals surface area contributed by atoms with Crippen molar-refractivity contribution in [2.75, 3.05) is 13.2 Å². The largest absolute Gasteiger partial charge is 0.462 e. The Morgan fingerprint density at radius 1 is 0.279 bits per heavy atom. The minimum Gasteiger partial charge on any atom is -0.462 e. The Labute approximate surface area is 423 Å². The molecule has 0 bridgehead atoms. The van der Waals surface area contributed by atoms with Gasteiger partial charge in [-0.25, -0.2) is 0 Å². The van der Waals surface area contributed by atoms with Gasteiger partial charge in [-0.1, -0.05) is 270 Å². The lowest BCUT2D eigenvalue weighted by Crippen LogP contribution is -2.30. The normalized spacial score (nSPS) is 12.1. The molecule has 0 aliphatic heterocycles. The molecule has 0 saturated heterocycles. The Morgan fingerprint density at radius 2 is 0.485 bits per heavy atom. The Bertz CT molecular complexity index is 1100. The van der Waals surface area contributed by atoms with Crippen LogP contribution in [0.25, 0.3) is 0 Å². The molecule has 0 rings (SSSR count). The smallest absolute Gasteiger partial charge is 0.306 e. The van der Waals surface area contributed by atoms with Gasteiger partial charge >= 0.3 is 17.9 Å². The van der Waals surface area contributed by atoms with E-state index in [1.165, 1.54) is 231 Å². The van der Waals surface area contributed by atoms with Gasteiger partial charge in [-0.05, 0) is 70.6 Å². The molecular weight excluding hydrogens is 841 g/mol. The minimum atomic E-state index is -0.769. The molecule has 0 radical (unpaired) electrons. The molecule has 0 fully saturated rings. The summed E-state index contributed by atoms with van der Waals surface area (Å²) in [4.78, 5) is 37.9. The van der Waals surface area contributed by atoms with E-state index >= 15 is 0 Å². The molecule has 6 heteroatoms. The second-order valence-electron chi connectivity index (χ2n) is 20.6. The SMILES string of the molecule is CCCCCCCCC/C=C\CCCCCCCC(=O)OC(COC(=O)CCCCCCCCC)COC(=O)CCCCCCCCCCCCCCCCC/C=C\CCCCCCCCCC. The van der Waals surface area contributed by atoms with Crippen molar-refractivity contribution in [2.24, 2.45) is 0 Å². The number of unbranched alkanes of at least 4 members (excludes halogenated alkanes) is 41. The molecule has 1 unspecified atom stereocenters. The topological polar surface area (TPSA) is 78.9 Å². The van der Waals surface area contributed by atoms with Crippen LogP contribution >= 0.6 is 0 Å². The monoisotopic (exact) mass is 957 g/mol. The van der Waals surface area contributed by atoms with Crippen LogP contribution in [-0.2, 0) is 28.6 Å². The molecule has 0 heterocycles. The number of esters is 3. The molecule has 400 valence electrons. The highest BCUT2D eigenvalue weighted by Crippen LogP contribution is 2.17. The van der Waals surface area contributed by atoms with E-state index in [9.17, 15) is 14.4 Å². The highest BCUT2D eigenvalue weighted by atomic mass is 16.6. The Morgan fingerprint density at radius 3 is 0.735 bits per heavy atom. The summed E-state index contributed by atoms with van der Waals surface area (Å²) in [5.41, 5.74) is 0. The lowest BCUT2D eigenvalue weighted by atomic mass is 10.0. The van der Waals surface area contributed by atoms with Gasteiger partial charge in [-0.3, -0.25) is 14.4 Å². The molecule has 0 saturated carbocycles. The van der Waals surface area contributed by atoms with Gasteiger partial charge < -0.3 is 14.2 Å². The third kappa shape index (κ3) is 54.8. The third-order valence-electron chi connectivity index (χ3n) is 13.7. The van der Waals surface area contributed by atoms with E-state index in [2.05, 4.69) is 45.1 Å². The summed E-state index contributed by atoms with van der Waals surface area (Å²) in [5.74, 6) is -0.867. The average molecular weight is 958 g/mol. The Balaban J connectivity index is 4.06. The fraction of sp³-hybridized carbons (Fsp3) is 0.887. The summed E-state index contributed by atoms with van der Waals surface area (Å²) in [6, 6.07) is 0. The zero-order valence-corrected chi connectivity index (χ0v) is 45.9. The lowest BCUT2D eigenvalue weighted by Gasteiger charge is -2.18. The molecule has 1 atom stereocenters. The van der Waals surface area contributed by atoms with Crippen LogP contribution in [0.2, 0.25) is 0 Å². The average Bonchev–Trinajstić information content (AvgIpc) is 3.34. The van der Waals surface area contributed by atoms with Crippen LogP contribution in [0.5, 0.6) is 0 Å². The van der Waals surface area contributed by atoms with Gasteiger partial charge in [0.1, 0.15) is 13.2 Å². The molecule has 0 N–H and O–H groups in total. The first-order valence-electron chi connectivity index (χ1n) is 30.3. The van der Waals surface area contributed by atoms with Crippen LogP contribution in [-0.4, -0.2) is 37.2 Å². The fourth-order valence-corrected chi connectivity index (χ4v) is 9.08. The van der Waals surface area contributed by atoms with Gasteiger partial charge in [0.05, 0.1) is 0 Å². The maximum Gasteiger partial charge on any atom is 0.306 e. The van der Waals surface area contributed by atoms with Crippen molar-refractivity contribution in [3.8, 4) is 0 Å².